The van der Waals surface area contributed by atoms with Crippen LogP contribution >= 0.6 is 0 Å². The zero-order valence-corrected chi connectivity index (χ0v) is 14.3. The van der Waals surface area contributed by atoms with Crippen LogP contribution in [0.5, 0.6) is 0 Å². The minimum Gasteiger partial charge on any atom is -0.353 e. The molecule has 0 atom stereocenters. The number of para-hydroxylation sites is 1. The van der Waals surface area contributed by atoms with E-state index in [1.165, 1.54) is 10.9 Å². The summed E-state index contributed by atoms with van der Waals surface area (Å²) in [4.78, 5) is 26.0. The highest BCUT2D eigenvalue weighted by Crippen LogP contribution is 2.20. The van der Waals surface area contributed by atoms with Gasteiger partial charge in [-0.2, -0.15) is 0 Å². The van der Waals surface area contributed by atoms with Crippen LogP contribution in [-0.4, -0.2) is 40.9 Å². The van der Waals surface area contributed by atoms with E-state index in [1.54, 1.807) is 0 Å². The van der Waals surface area contributed by atoms with Crippen LogP contribution in [0.4, 0.5) is 0 Å². The molecule has 2 amide bonds. The summed E-state index contributed by atoms with van der Waals surface area (Å²) < 4.78 is 1.98. The highest BCUT2D eigenvalue weighted by Gasteiger charge is 2.16. The maximum absolute atomic E-state index is 12.2. The van der Waals surface area contributed by atoms with Gasteiger partial charge in [0.1, 0.15) is 6.54 Å². The van der Waals surface area contributed by atoms with E-state index in [0.717, 1.165) is 31.3 Å². The predicted molar refractivity (Wildman–Crippen MR) is 94.7 cm³/mol. The Labute approximate surface area is 142 Å². The number of hydrogen-bond acceptors (Lipinski definition) is 2. The summed E-state index contributed by atoms with van der Waals surface area (Å²) in [5.41, 5.74) is 2.25. The third kappa shape index (κ3) is 3.78. The molecule has 1 aromatic carbocycles. The molecule has 0 spiro atoms. The first-order valence-corrected chi connectivity index (χ1v) is 8.74. The highest BCUT2D eigenvalue weighted by molar-refractivity contribution is 5.86. The first-order valence-electron chi connectivity index (χ1n) is 8.74. The molecule has 0 aliphatic carbocycles. The van der Waals surface area contributed by atoms with Gasteiger partial charge in [0, 0.05) is 43.2 Å². The van der Waals surface area contributed by atoms with Gasteiger partial charge in [-0.05, 0) is 31.4 Å². The number of likely N-dealkylation sites (tertiary alicyclic amines) is 1. The van der Waals surface area contributed by atoms with Crippen LogP contribution in [0.2, 0.25) is 0 Å². The van der Waals surface area contributed by atoms with E-state index in [1.807, 2.05) is 33.9 Å². The largest absolute Gasteiger partial charge is 0.353 e. The van der Waals surface area contributed by atoms with Crippen molar-refractivity contribution >= 4 is 22.7 Å². The SMILES string of the molecule is Cc1cn(CC(=O)NCCN2CCCCCC2=O)c2ccccc12. The second kappa shape index (κ2) is 7.51. The van der Waals surface area contributed by atoms with Crippen molar-refractivity contribution in [3.8, 4) is 0 Å². The molecule has 5 heteroatoms. The Morgan fingerprint density at radius 2 is 2.04 bits per heavy atom. The van der Waals surface area contributed by atoms with Crippen LogP contribution in [-0.2, 0) is 16.1 Å². The molecule has 0 saturated carbocycles. The van der Waals surface area contributed by atoms with E-state index in [4.69, 9.17) is 0 Å². The molecule has 0 unspecified atom stereocenters. The number of amides is 2. The average Bonchev–Trinajstić information content (AvgIpc) is 2.74. The molecule has 3 rings (SSSR count). The number of rotatable bonds is 5. The summed E-state index contributed by atoms with van der Waals surface area (Å²) in [5, 5.41) is 4.12. The van der Waals surface area contributed by atoms with Crippen molar-refractivity contribution in [2.24, 2.45) is 0 Å². The zero-order valence-electron chi connectivity index (χ0n) is 14.3. The van der Waals surface area contributed by atoms with Gasteiger partial charge >= 0.3 is 0 Å². The number of benzene rings is 1. The lowest BCUT2D eigenvalue weighted by Gasteiger charge is -2.20. The summed E-state index contributed by atoms with van der Waals surface area (Å²) in [6.45, 7) is 4.30. The fourth-order valence-electron chi connectivity index (χ4n) is 3.38. The Morgan fingerprint density at radius 3 is 2.92 bits per heavy atom. The summed E-state index contributed by atoms with van der Waals surface area (Å²) >= 11 is 0. The fourth-order valence-corrected chi connectivity index (χ4v) is 3.38. The van der Waals surface area contributed by atoms with Crippen LogP contribution < -0.4 is 5.32 Å². The number of nitrogens with zero attached hydrogens (tertiary/aromatic N) is 2. The van der Waals surface area contributed by atoms with Gasteiger partial charge in [-0.3, -0.25) is 9.59 Å². The minimum absolute atomic E-state index is 0.0157. The van der Waals surface area contributed by atoms with Crippen molar-refractivity contribution in [2.45, 2.75) is 39.2 Å². The van der Waals surface area contributed by atoms with Crippen molar-refractivity contribution in [3.05, 3.63) is 36.0 Å². The number of carbonyl (C=O) groups is 2. The van der Waals surface area contributed by atoms with E-state index < -0.39 is 0 Å². The maximum Gasteiger partial charge on any atom is 0.240 e. The third-order valence-corrected chi connectivity index (χ3v) is 4.68. The first kappa shape index (κ1) is 16.6. The fraction of sp³-hybridized carbons (Fsp3) is 0.474. The molecule has 1 aromatic heterocycles. The van der Waals surface area contributed by atoms with Gasteiger partial charge in [0.05, 0.1) is 0 Å². The van der Waals surface area contributed by atoms with Crippen molar-refractivity contribution < 1.29 is 9.59 Å². The molecule has 5 nitrogen and oxygen atoms in total. The van der Waals surface area contributed by atoms with Crippen molar-refractivity contribution in [1.29, 1.82) is 0 Å². The van der Waals surface area contributed by atoms with Gasteiger partial charge in [0.2, 0.25) is 11.8 Å². The van der Waals surface area contributed by atoms with E-state index >= 15 is 0 Å². The molecule has 2 aromatic rings. The molecular weight excluding hydrogens is 302 g/mol. The minimum atomic E-state index is -0.0157. The summed E-state index contributed by atoms with van der Waals surface area (Å²) in [5.74, 6) is 0.201. The quantitative estimate of drug-likeness (QED) is 0.917. The molecule has 2 heterocycles. The average molecular weight is 327 g/mol. The van der Waals surface area contributed by atoms with Gasteiger partial charge in [-0.1, -0.05) is 24.6 Å². The molecular formula is C19H25N3O2. The van der Waals surface area contributed by atoms with Crippen molar-refractivity contribution in [1.82, 2.24) is 14.8 Å². The number of carbonyl (C=O) groups excluding carboxylic acids is 2. The smallest absolute Gasteiger partial charge is 0.240 e. The standard InChI is InChI=1S/C19H25N3O2/c1-15-13-22(17-8-5-4-7-16(15)17)14-18(23)20-10-12-21-11-6-2-3-9-19(21)24/h4-5,7-8,13H,2-3,6,9-12,14H2,1H3,(H,20,23). The Hall–Kier alpha value is -2.30. The molecule has 1 aliphatic rings. The lowest BCUT2D eigenvalue weighted by atomic mass is 10.2. The van der Waals surface area contributed by atoms with Crippen LogP contribution in [0.15, 0.2) is 30.5 Å². The molecule has 0 radical (unpaired) electrons. The van der Waals surface area contributed by atoms with Gasteiger partial charge in [0.15, 0.2) is 0 Å². The molecule has 1 aliphatic heterocycles. The number of aryl methyl sites for hydroxylation is 1. The molecule has 1 saturated heterocycles. The second-order valence-electron chi connectivity index (χ2n) is 6.50. The van der Waals surface area contributed by atoms with Gasteiger partial charge in [-0.15, -0.1) is 0 Å². The van der Waals surface area contributed by atoms with Crippen LogP contribution in [0.25, 0.3) is 10.9 Å². The molecule has 128 valence electrons. The second-order valence-corrected chi connectivity index (χ2v) is 6.50. The number of hydrogen-bond donors (Lipinski definition) is 1. The first-order chi connectivity index (χ1) is 11.6. The number of fused-ring (bicyclic) bond motifs is 1. The van der Waals surface area contributed by atoms with Crippen molar-refractivity contribution in [2.75, 3.05) is 19.6 Å². The predicted octanol–water partition coefficient (Wildman–Crippen LogP) is 2.47. The summed E-state index contributed by atoms with van der Waals surface area (Å²) in [6, 6.07) is 8.11. The Balaban J connectivity index is 1.53. The van der Waals surface area contributed by atoms with Crippen LogP contribution in [0, 0.1) is 6.92 Å². The Morgan fingerprint density at radius 1 is 1.21 bits per heavy atom. The maximum atomic E-state index is 12.2. The van der Waals surface area contributed by atoms with Crippen LogP contribution in [0.3, 0.4) is 0 Å². The van der Waals surface area contributed by atoms with Gasteiger partial charge in [-0.25, -0.2) is 0 Å². The summed E-state index contributed by atoms with van der Waals surface area (Å²) in [6.07, 6.45) is 5.83. The zero-order chi connectivity index (χ0) is 16.9. The van der Waals surface area contributed by atoms with E-state index in [2.05, 4.69) is 18.3 Å². The highest BCUT2D eigenvalue weighted by atomic mass is 16.2. The molecule has 1 N–H and O–H groups in total. The lowest BCUT2D eigenvalue weighted by Crippen LogP contribution is -2.39. The monoisotopic (exact) mass is 327 g/mol. The Kier molecular flexibility index (Phi) is 5.18. The van der Waals surface area contributed by atoms with E-state index in [0.29, 0.717) is 26.1 Å². The van der Waals surface area contributed by atoms with Crippen LogP contribution in [0.1, 0.15) is 31.2 Å². The van der Waals surface area contributed by atoms with Gasteiger partial charge in [0.25, 0.3) is 0 Å². The van der Waals surface area contributed by atoms with Crippen molar-refractivity contribution in [3.63, 3.8) is 0 Å². The molecule has 0 bridgehead atoms. The number of aromatic nitrogens is 1. The van der Waals surface area contributed by atoms with E-state index in [9.17, 15) is 9.59 Å². The normalized spacial score (nSPS) is 15.5. The van der Waals surface area contributed by atoms with Gasteiger partial charge < -0.3 is 14.8 Å². The lowest BCUT2D eigenvalue weighted by molar-refractivity contribution is -0.131. The molecule has 24 heavy (non-hydrogen) atoms. The summed E-state index contributed by atoms with van der Waals surface area (Å²) in [7, 11) is 0. The number of nitrogens with one attached hydrogen (secondary N) is 1. The third-order valence-electron chi connectivity index (χ3n) is 4.68. The Bertz CT molecular complexity index is 735. The molecule has 1 fully saturated rings. The topological polar surface area (TPSA) is 54.3 Å². The van der Waals surface area contributed by atoms with E-state index in [-0.39, 0.29) is 11.8 Å².